The summed E-state index contributed by atoms with van der Waals surface area (Å²) >= 11 is 0. The summed E-state index contributed by atoms with van der Waals surface area (Å²) < 4.78 is 0. The van der Waals surface area contributed by atoms with Gasteiger partial charge in [-0.25, -0.2) is 0 Å². The molecule has 14 heavy (non-hydrogen) atoms. The van der Waals surface area contributed by atoms with Crippen molar-refractivity contribution in [2.24, 2.45) is 0 Å². The highest BCUT2D eigenvalue weighted by molar-refractivity contribution is 5.45. The standard InChI is InChI=1S/C13H19N/c1-14-13-9-5-8-12(10-13)11-6-3-2-4-7-11/h5,8-11,14H,2-4,6-7H2,1H3. The highest BCUT2D eigenvalue weighted by Crippen LogP contribution is 2.33. The molecular weight excluding hydrogens is 170 g/mol. The number of benzene rings is 1. The largest absolute Gasteiger partial charge is 0.388 e. The van der Waals surface area contributed by atoms with Crippen LogP contribution in [0.15, 0.2) is 24.3 Å². The van der Waals surface area contributed by atoms with Gasteiger partial charge in [0.25, 0.3) is 0 Å². The van der Waals surface area contributed by atoms with Crippen LogP contribution in [0.25, 0.3) is 0 Å². The smallest absolute Gasteiger partial charge is 0.0340 e. The van der Waals surface area contributed by atoms with Gasteiger partial charge in [0.1, 0.15) is 0 Å². The minimum atomic E-state index is 0.817. The molecule has 1 aliphatic rings. The lowest BCUT2D eigenvalue weighted by Crippen LogP contribution is -2.04. The summed E-state index contributed by atoms with van der Waals surface area (Å²) in [4.78, 5) is 0. The number of anilines is 1. The second-order valence-corrected chi connectivity index (χ2v) is 4.21. The van der Waals surface area contributed by atoms with Crippen molar-refractivity contribution in [1.82, 2.24) is 0 Å². The Kier molecular flexibility index (Phi) is 3.07. The van der Waals surface area contributed by atoms with Crippen molar-refractivity contribution >= 4 is 5.69 Å². The van der Waals surface area contributed by atoms with Gasteiger partial charge in [-0.2, -0.15) is 0 Å². The van der Waals surface area contributed by atoms with Crippen LogP contribution >= 0.6 is 0 Å². The molecule has 1 aromatic carbocycles. The molecule has 0 spiro atoms. The molecular formula is C13H19N. The summed E-state index contributed by atoms with van der Waals surface area (Å²) in [7, 11) is 1.99. The van der Waals surface area contributed by atoms with Gasteiger partial charge < -0.3 is 5.32 Å². The predicted octanol–water partition coefficient (Wildman–Crippen LogP) is 3.78. The van der Waals surface area contributed by atoms with Crippen LogP contribution in [0.1, 0.15) is 43.6 Å². The lowest BCUT2D eigenvalue weighted by molar-refractivity contribution is 0.444. The Morgan fingerprint density at radius 2 is 1.93 bits per heavy atom. The fraction of sp³-hybridized carbons (Fsp3) is 0.538. The van der Waals surface area contributed by atoms with Gasteiger partial charge in [0, 0.05) is 12.7 Å². The van der Waals surface area contributed by atoms with Crippen molar-refractivity contribution in [3.8, 4) is 0 Å². The van der Waals surface area contributed by atoms with E-state index < -0.39 is 0 Å². The maximum absolute atomic E-state index is 3.21. The first-order valence-electron chi connectivity index (χ1n) is 5.68. The van der Waals surface area contributed by atoms with Crippen molar-refractivity contribution in [3.05, 3.63) is 29.8 Å². The number of hydrogen-bond acceptors (Lipinski definition) is 1. The lowest BCUT2D eigenvalue weighted by atomic mass is 9.84. The van der Waals surface area contributed by atoms with E-state index in [1.807, 2.05) is 7.05 Å². The molecule has 2 rings (SSSR count). The van der Waals surface area contributed by atoms with Crippen LogP contribution in [0.2, 0.25) is 0 Å². The van der Waals surface area contributed by atoms with Gasteiger partial charge in [-0.3, -0.25) is 0 Å². The Bertz CT molecular complexity index is 287. The van der Waals surface area contributed by atoms with Crippen LogP contribution < -0.4 is 5.32 Å². The monoisotopic (exact) mass is 189 g/mol. The summed E-state index contributed by atoms with van der Waals surface area (Å²) in [6, 6.07) is 8.87. The van der Waals surface area contributed by atoms with Crippen LogP contribution in [0, 0.1) is 0 Å². The lowest BCUT2D eigenvalue weighted by Gasteiger charge is -2.22. The van der Waals surface area contributed by atoms with Crippen molar-refractivity contribution < 1.29 is 0 Å². The van der Waals surface area contributed by atoms with Crippen LogP contribution in [-0.2, 0) is 0 Å². The predicted molar refractivity (Wildman–Crippen MR) is 61.8 cm³/mol. The number of nitrogens with one attached hydrogen (secondary N) is 1. The second-order valence-electron chi connectivity index (χ2n) is 4.21. The number of hydrogen-bond donors (Lipinski definition) is 1. The highest BCUT2D eigenvalue weighted by Gasteiger charge is 2.15. The Balaban J connectivity index is 2.13. The van der Waals surface area contributed by atoms with E-state index in [4.69, 9.17) is 0 Å². The molecule has 0 heterocycles. The minimum absolute atomic E-state index is 0.817. The van der Waals surface area contributed by atoms with Gasteiger partial charge in [0.15, 0.2) is 0 Å². The summed E-state index contributed by atoms with van der Waals surface area (Å²) in [5.74, 6) is 0.817. The van der Waals surface area contributed by atoms with E-state index in [0.717, 1.165) is 5.92 Å². The van der Waals surface area contributed by atoms with Crippen molar-refractivity contribution in [3.63, 3.8) is 0 Å². The molecule has 0 unspecified atom stereocenters. The molecule has 1 nitrogen and oxygen atoms in total. The molecule has 0 aromatic heterocycles. The molecule has 1 saturated carbocycles. The molecule has 1 fully saturated rings. The Labute approximate surface area is 86.5 Å². The van der Waals surface area contributed by atoms with Crippen LogP contribution in [0.5, 0.6) is 0 Å². The third kappa shape index (κ3) is 2.09. The van der Waals surface area contributed by atoms with Gasteiger partial charge >= 0.3 is 0 Å². The topological polar surface area (TPSA) is 12.0 Å². The zero-order valence-electron chi connectivity index (χ0n) is 8.92. The minimum Gasteiger partial charge on any atom is -0.388 e. The average Bonchev–Trinajstić information content (AvgIpc) is 2.30. The van der Waals surface area contributed by atoms with Crippen LogP contribution in [0.4, 0.5) is 5.69 Å². The first-order chi connectivity index (χ1) is 6.90. The van der Waals surface area contributed by atoms with Crippen molar-refractivity contribution in [1.29, 1.82) is 0 Å². The fourth-order valence-electron chi connectivity index (χ4n) is 2.38. The summed E-state index contributed by atoms with van der Waals surface area (Å²) in [5, 5.41) is 3.21. The van der Waals surface area contributed by atoms with Gasteiger partial charge in [0.2, 0.25) is 0 Å². The molecule has 1 aliphatic carbocycles. The van der Waals surface area contributed by atoms with E-state index in [1.54, 1.807) is 0 Å². The molecule has 1 aromatic rings. The fourth-order valence-corrected chi connectivity index (χ4v) is 2.38. The highest BCUT2D eigenvalue weighted by atomic mass is 14.8. The summed E-state index contributed by atoms with van der Waals surface area (Å²) in [6.45, 7) is 0. The first-order valence-corrected chi connectivity index (χ1v) is 5.68. The van der Waals surface area contributed by atoms with Crippen LogP contribution in [0.3, 0.4) is 0 Å². The van der Waals surface area contributed by atoms with Crippen molar-refractivity contribution in [2.75, 3.05) is 12.4 Å². The van der Waals surface area contributed by atoms with E-state index >= 15 is 0 Å². The molecule has 0 amide bonds. The third-order valence-electron chi connectivity index (χ3n) is 3.25. The van der Waals surface area contributed by atoms with Crippen molar-refractivity contribution in [2.45, 2.75) is 38.0 Å². The number of rotatable bonds is 2. The zero-order valence-corrected chi connectivity index (χ0v) is 8.92. The molecule has 0 aliphatic heterocycles. The SMILES string of the molecule is CNc1cccc(C2CCCCC2)c1. The van der Waals surface area contributed by atoms with Crippen LogP contribution in [-0.4, -0.2) is 7.05 Å². The second kappa shape index (κ2) is 4.50. The maximum atomic E-state index is 3.21. The molecule has 0 radical (unpaired) electrons. The Morgan fingerprint density at radius 1 is 1.14 bits per heavy atom. The molecule has 1 N–H and O–H groups in total. The molecule has 0 saturated heterocycles. The zero-order chi connectivity index (χ0) is 9.80. The molecule has 0 bridgehead atoms. The average molecular weight is 189 g/mol. The summed E-state index contributed by atoms with van der Waals surface area (Å²) in [6.07, 6.45) is 7.02. The van der Waals surface area contributed by atoms with E-state index in [-0.39, 0.29) is 0 Å². The Morgan fingerprint density at radius 3 is 2.64 bits per heavy atom. The van der Waals surface area contributed by atoms with E-state index in [2.05, 4.69) is 29.6 Å². The first kappa shape index (κ1) is 9.57. The third-order valence-corrected chi connectivity index (χ3v) is 3.25. The van der Waals surface area contributed by atoms with Gasteiger partial charge in [-0.1, -0.05) is 31.4 Å². The maximum Gasteiger partial charge on any atom is 0.0340 e. The van der Waals surface area contributed by atoms with E-state index in [0.29, 0.717) is 0 Å². The summed E-state index contributed by atoms with van der Waals surface area (Å²) in [5.41, 5.74) is 2.77. The Hall–Kier alpha value is -0.980. The normalized spacial score (nSPS) is 18.1. The van der Waals surface area contributed by atoms with Gasteiger partial charge in [-0.05, 0) is 36.5 Å². The van der Waals surface area contributed by atoms with Gasteiger partial charge in [0.05, 0.1) is 0 Å². The quantitative estimate of drug-likeness (QED) is 0.746. The molecule has 0 atom stereocenters. The molecule has 1 heteroatoms. The van der Waals surface area contributed by atoms with E-state index in [1.165, 1.54) is 43.4 Å². The molecule has 76 valence electrons. The van der Waals surface area contributed by atoms with Gasteiger partial charge in [-0.15, -0.1) is 0 Å². The van der Waals surface area contributed by atoms with E-state index in [9.17, 15) is 0 Å².